The Hall–Kier alpha value is 0.750. The van der Waals surface area contributed by atoms with E-state index in [1.54, 1.807) is 0 Å². The van der Waals surface area contributed by atoms with Crippen LogP contribution in [0.25, 0.3) is 0 Å². The quantitative estimate of drug-likeness (QED) is 0.468. The molecule has 0 saturated carbocycles. The molecule has 0 aliphatic carbocycles. The summed E-state index contributed by atoms with van der Waals surface area (Å²) in [7, 11) is 1.86. The molecular formula is C11H24OTe. The van der Waals surface area contributed by atoms with Crippen molar-refractivity contribution >= 4 is 20.9 Å². The fraction of sp³-hybridized carbons (Fsp3) is 1.00. The molecule has 0 fully saturated rings. The van der Waals surface area contributed by atoms with Gasteiger partial charge in [-0.1, -0.05) is 0 Å². The van der Waals surface area contributed by atoms with Crippen molar-refractivity contribution in [2.75, 3.05) is 7.11 Å². The van der Waals surface area contributed by atoms with Crippen LogP contribution in [0.3, 0.4) is 0 Å². The van der Waals surface area contributed by atoms with Crippen molar-refractivity contribution in [2.45, 2.75) is 61.0 Å². The number of rotatable bonds is 9. The van der Waals surface area contributed by atoms with Crippen molar-refractivity contribution in [1.29, 1.82) is 0 Å². The van der Waals surface area contributed by atoms with E-state index in [2.05, 4.69) is 11.9 Å². The molecule has 0 bridgehead atoms. The van der Waals surface area contributed by atoms with Gasteiger partial charge in [0.2, 0.25) is 0 Å². The van der Waals surface area contributed by atoms with Crippen molar-refractivity contribution < 1.29 is 4.74 Å². The molecule has 0 aromatic heterocycles. The van der Waals surface area contributed by atoms with E-state index in [-0.39, 0.29) is 20.9 Å². The minimum absolute atomic E-state index is 0.132. The van der Waals surface area contributed by atoms with Crippen molar-refractivity contribution in [2.24, 2.45) is 0 Å². The molecule has 1 nitrogen and oxygen atoms in total. The number of ether oxygens (including phenoxy) is 1. The van der Waals surface area contributed by atoms with Crippen LogP contribution in [0.2, 0.25) is 4.97 Å². The standard InChI is InChI=1S/C11H24OTe/c1-4-5-6-7-8-9-10-11(12-2)13-3/h11H,4-10H2,1-3H3. The van der Waals surface area contributed by atoms with Gasteiger partial charge < -0.3 is 0 Å². The summed E-state index contributed by atoms with van der Waals surface area (Å²) in [5.41, 5.74) is 0. The van der Waals surface area contributed by atoms with Gasteiger partial charge in [-0.3, -0.25) is 0 Å². The number of unbranched alkanes of at least 4 members (excludes halogenated alkanes) is 5. The SMILES string of the molecule is CCCCCCCCC(OC)[Te]C. The van der Waals surface area contributed by atoms with Gasteiger partial charge in [-0.2, -0.15) is 0 Å². The topological polar surface area (TPSA) is 9.23 Å². The van der Waals surface area contributed by atoms with Crippen LogP contribution in [-0.2, 0) is 4.74 Å². The predicted octanol–water partition coefficient (Wildman–Crippen LogP) is 3.46. The zero-order valence-corrected chi connectivity index (χ0v) is 11.7. The number of methoxy groups -OCH3 is 1. The van der Waals surface area contributed by atoms with Crippen LogP contribution in [0, 0.1) is 0 Å². The summed E-state index contributed by atoms with van der Waals surface area (Å²) in [4.78, 5) is 2.33. The van der Waals surface area contributed by atoms with E-state index in [1.807, 2.05) is 7.11 Å². The van der Waals surface area contributed by atoms with E-state index in [9.17, 15) is 0 Å². The fourth-order valence-corrected chi connectivity index (χ4v) is 3.12. The fourth-order valence-electron chi connectivity index (χ4n) is 1.42. The van der Waals surface area contributed by atoms with Crippen molar-refractivity contribution in [3.63, 3.8) is 0 Å². The second-order valence-electron chi connectivity index (χ2n) is 3.46. The summed E-state index contributed by atoms with van der Waals surface area (Å²) >= 11 is 0.132. The summed E-state index contributed by atoms with van der Waals surface area (Å²) < 4.78 is 6.02. The normalized spacial score (nSPS) is 13.2. The minimum atomic E-state index is 0.132. The molecule has 0 aliphatic heterocycles. The Morgan fingerprint density at radius 2 is 1.69 bits per heavy atom. The van der Waals surface area contributed by atoms with Crippen LogP contribution in [-0.4, -0.2) is 32.2 Å². The summed E-state index contributed by atoms with van der Waals surface area (Å²) in [6.45, 7) is 2.27. The van der Waals surface area contributed by atoms with E-state index in [0.717, 1.165) is 0 Å². The molecule has 0 spiro atoms. The zero-order valence-electron chi connectivity index (χ0n) is 9.34. The molecule has 0 radical (unpaired) electrons. The monoisotopic (exact) mass is 302 g/mol. The van der Waals surface area contributed by atoms with E-state index >= 15 is 0 Å². The molecule has 0 amide bonds. The first-order valence-corrected chi connectivity index (χ1v) is 9.08. The summed E-state index contributed by atoms with van der Waals surface area (Å²) in [5.74, 6) is 0. The van der Waals surface area contributed by atoms with Crippen LogP contribution in [0.5, 0.6) is 0 Å². The third kappa shape index (κ3) is 9.06. The summed E-state index contributed by atoms with van der Waals surface area (Å²) in [6, 6.07) is 0. The first-order chi connectivity index (χ1) is 6.35. The maximum absolute atomic E-state index is 5.38. The molecule has 0 saturated heterocycles. The molecule has 0 heterocycles. The average Bonchev–Trinajstić information content (AvgIpc) is 2.17. The Morgan fingerprint density at radius 1 is 1.08 bits per heavy atom. The van der Waals surface area contributed by atoms with Gasteiger partial charge in [0.05, 0.1) is 0 Å². The zero-order chi connectivity index (χ0) is 9.94. The molecule has 2 heteroatoms. The van der Waals surface area contributed by atoms with Gasteiger partial charge >= 0.3 is 93.8 Å². The van der Waals surface area contributed by atoms with Gasteiger partial charge in [-0.15, -0.1) is 0 Å². The van der Waals surface area contributed by atoms with Gasteiger partial charge in [0.1, 0.15) is 0 Å². The number of hydrogen-bond donors (Lipinski definition) is 0. The Balaban J connectivity index is 3.05. The van der Waals surface area contributed by atoms with E-state index in [0.29, 0.717) is 4.15 Å². The Kier molecular flexibility index (Phi) is 11.5. The summed E-state index contributed by atoms with van der Waals surface area (Å²) in [6.07, 6.45) is 9.71. The Morgan fingerprint density at radius 3 is 2.23 bits per heavy atom. The molecule has 0 rings (SSSR count). The van der Waals surface area contributed by atoms with Crippen LogP contribution in [0.4, 0.5) is 0 Å². The predicted molar refractivity (Wildman–Crippen MR) is 60.4 cm³/mol. The molecular weight excluding hydrogens is 276 g/mol. The number of hydrogen-bond acceptors (Lipinski definition) is 1. The first kappa shape index (κ1) is 13.7. The van der Waals surface area contributed by atoms with Gasteiger partial charge in [-0.25, -0.2) is 0 Å². The molecule has 1 unspecified atom stereocenters. The van der Waals surface area contributed by atoms with Gasteiger partial charge in [0.25, 0.3) is 0 Å². The van der Waals surface area contributed by atoms with Gasteiger partial charge in [-0.05, 0) is 0 Å². The molecule has 1 atom stereocenters. The molecule has 0 N–H and O–H groups in total. The van der Waals surface area contributed by atoms with Crippen molar-refractivity contribution in [1.82, 2.24) is 0 Å². The van der Waals surface area contributed by atoms with Crippen LogP contribution in [0.15, 0.2) is 0 Å². The van der Waals surface area contributed by atoms with E-state index in [4.69, 9.17) is 4.74 Å². The molecule has 0 aromatic carbocycles. The second kappa shape index (κ2) is 10.8. The third-order valence-electron chi connectivity index (χ3n) is 2.32. The van der Waals surface area contributed by atoms with E-state index in [1.165, 1.54) is 44.9 Å². The summed E-state index contributed by atoms with van der Waals surface area (Å²) in [5, 5.41) is 0. The first-order valence-electron chi connectivity index (χ1n) is 5.40. The molecule has 13 heavy (non-hydrogen) atoms. The van der Waals surface area contributed by atoms with Crippen molar-refractivity contribution in [3.05, 3.63) is 0 Å². The second-order valence-corrected chi connectivity index (χ2v) is 6.30. The van der Waals surface area contributed by atoms with E-state index < -0.39 is 0 Å². The molecule has 80 valence electrons. The molecule has 0 aromatic rings. The average molecular weight is 300 g/mol. The van der Waals surface area contributed by atoms with Crippen LogP contribution in [0.1, 0.15) is 51.9 Å². The maximum atomic E-state index is 5.38. The Labute approximate surface area is 93.7 Å². The third-order valence-corrected chi connectivity index (χ3v) is 5.04. The van der Waals surface area contributed by atoms with Crippen molar-refractivity contribution in [3.8, 4) is 0 Å². The van der Waals surface area contributed by atoms with Crippen LogP contribution < -0.4 is 0 Å². The van der Waals surface area contributed by atoms with Gasteiger partial charge in [0, 0.05) is 0 Å². The molecule has 0 aliphatic rings. The van der Waals surface area contributed by atoms with Gasteiger partial charge in [0.15, 0.2) is 0 Å². The Bertz CT molecular complexity index is 92.1. The van der Waals surface area contributed by atoms with Crippen LogP contribution >= 0.6 is 0 Å².